The van der Waals surface area contributed by atoms with Crippen molar-refractivity contribution in [1.29, 1.82) is 0 Å². The fourth-order valence-electron chi connectivity index (χ4n) is 1.70. The van der Waals surface area contributed by atoms with E-state index in [9.17, 15) is 9.59 Å². The van der Waals surface area contributed by atoms with E-state index in [0.717, 1.165) is 12.8 Å². The number of amides is 2. The molecule has 0 spiro atoms. The average molecular weight is 277 g/mol. The van der Waals surface area contributed by atoms with Crippen LogP contribution in [0, 0.1) is 0 Å². The lowest BCUT2D eigenvalue weighted by Crippen LogP contribution is -2.40. The summed E-state index contributed by atoms with van der Waals surface area (Å²) in [6.07, 6.45) is 4.95. The molecular weight excluding hydrogens is 260 g/mol. The Morgan fingerprint density at radius 2 is 1.87 bits per heavy atom. The molecule has 0 aliphatic heterocycles. The van der Waals surface area contributed by atoms with Crippen LogP contribution in [0.2, 0.25) is 0 Å². The highest BCUT2D eigenvalue weighted by Gasteiger charge is 2.16. The number of carbonyl (C=O) groups excluding carboxylic acids is 2. The van der Waals surface area contributed by atoms with Gasteiger partial charge in [-0.05, 0) is 12.8 Å². The van der Waals surface area contributed by atoms with Crippen molar-refractivity contribution in [3.8, 4) is 0 Å². The third-order valence-corrected chi connectivity index (χ3v) is 2.88. The van der Waals surface area contributed by atoms with Crippen LogP contribution in [0.3, 0.4) is 0 Å². The highest BCUT2D eigenvalue weighted by molar-refractivity contribution is 9.09. The van der Waals surface area contributed by atoms with E-state index in [1.165, 1.54) is 12.8 Å². The van der Waals surface area contributed by atoms with Gasteiger partial charge in [-0.2, -0.15) is 0 Å². The Hall–Kier alpha value is -0.580. The largest absolute Gasteiger partial charge is 0.352 e. The van der Waals surface area contributed by atoms with Crippen LogP contribution in [0.4, 0.5) is 0 Å². The molecule has 1 saturated carbocycles. The molecule has 4 nitrogen and oxygen atoms in total. The Morgan fingerprint density at radius 1 is 1.20 bits per heavy atom. The van der Waals surface area contributed by atoms with Gasteiger partial charge in [0.2, 0.25) is 11.8 Å². The van der Waals surface area contributed by atoms with E-state index < -0.39 is 0 Å². The maximum atomic E-state index is 11.4. The highest BCUT2D eigenvalue weighted by atomic mass is 79.9. The first-order valence-electron chi connectivity index (χ1n) is 5.34. The monoisotopic (exact) mass is 276 g/mol. The lowest BCUT2D eigenvalue weighted by Gasteiger charge is -2.11. The van der Waals surface area contributed by atoms with Crippen LogP contribution in [0.25, 0.3) is 0 Å². The van der Waals surface area contributed by atoms with Gasteiger partial charge in [0.15, 0.2) is 0 Å². The summed E-state index contributed by atoms with van der Waals surface area (Å²) in [6.45, 7) is 0.0995. The molecule has 0 atom stereocenters. The summed E-state index contributed by atoms with van der Waals surface area (Å²) in [5.41, 5.74) is 0. The van der Waals surface area contributed by atoms with Gasteiger partial charge in [-0.1, -0.05) is 28.8 Å². The number of hydrogen-bond acceptors (Lipinski definition) is 2. The Bertz CT molecular complexity index is 227. The molecular formula is C10H17BrN2O2. The molecule has 0 unspecified atom stereocenters. The van der Waals surface area contributed by atoms with Crippen LogP contribution < -0.4 is 10.6 Å². The second kappa shape index (κ2) is 6.82. The standard InChI is InChI=1S/C10H17BrN2O2/c11-6-5-9(14)12-7-10(15)13-8-3-1-2-4-8/h8H,1-7H2,(H,12,14)(H,13,15). The lowest BCUT2D eigenvalue weighted by atomic mass is 10.2. The van der Waals surface area contributed by atoms with Gasteiger partial charge in [-0.3, -0.25) is 9.59 Å². The molecule has 0 saturated heterocycles. The van der Waals surface area contributed by atoms with E-state index in [2.05, 4.69) is 26.6 Å². The topological polar surface area (TPSA) is 58.2 Å². The molecule has 15 heavy (non-hydrogen) atoms. The number of rotatable bonds is 5. The Balaban J connectivity index is 2.10. The lowest BCUT2D eigenvalue weighted by molar-refractivity contribution is -0.126. The summed E-state index contributed by atoms with van der Waals surface area (Å²) >= 11 is 3.17. The van der Waals surface area contributed by atoms with Crippen LogP contribution in [0.1, 0.15) is 32.1 Å². The van der Waals surface area contributed by atoms with Gasteiger partial charge in [0.05, 0.1) is 6.54 Å². The SMILES string of the molecule is O=C(CCBr)NCC(=O)NC1CCCC1. The Kier molecular flexibility index (Phi) is 5.68. The molecule has 1 fully saturated rings. The second-order valence-corrected chi connectivity index (χ2v) is 4.56. The average Bonchev–Trinajstić information content (AvgIpc) is 2.68. The van der Waals surface area contributed by atoms with Crippen molar-refractivity contribution in [2.24, 2.45) is 0 Å². The number of nitrogens with one attached hydrogen (secondary N) is 2. The minimum atomic E-state index is -0.0894. The minimum absolute atomic E-state index is 0.0789. The van der Waals surface area contributed by atoms with Gasteiger partial charge in [0.25, 0.3) is 0 Å². The fraction of sp³-hybridized carbons (Fsp3) is 0.800. The summed E-state index contributed by atoms with van der Waals surface area (Å²) in [6, 6.07) is 0.325. The summed E-state index contributed by atoms with van der Waals surface area (Å²) in [5.74, 6) is -0.168. The molecule has 1 aliphatic rings. The number of halogens is 1. The third kappa shape index (κ3) is 5.16. The van der Waals surface area contributed by atoms with Crippen LogP contribution in [-0.4, -0.2) is 29.7 Å². The van der Waals surface area contributed by atoms with Gasteiger partial charge >= 0.3 is 0 Å². The van der Waals surface area contributed by atoms with Crippen molar-refractivity contribution >= 4 is 27.7 Å². The number of hydrogen-bond donors (Lipinski definition) is 2. The zero-order chi connectivity index (χ0) is 11.1. The second-order valence-electron chi connectivity index (χ2n) is 3.76. The van der Waals surface area contributed by atoms with Crippen molar-refractivity contribution in [3.63, 3.8) is 0 Å². The first kappa shape index (κ1) is 12.5. The highest BCUT2D eigenvalue weighted by Crippen LogP contribution is 2.17. The van der Waals surface area contributed by atoms with Crippen molar-refractivity contribution < 1.29 is 9.59 Å². The maximum absolute atomic E-state index is 11.4. The Morgan fingerprint density at radius 3 is 2.47 bits per heavy atom. The molecule has 1 rings (SSSR count). The van der Waals surface area contributed by atoms with Gasteiger partial charge in [-0.15, -0.1) is 0 Å². The quantitative estimate of drug-likeness (QED) is 0.735. The van der Waals surface area contributed by atoms with E-state index >= 15 is 0 Å². The normalized spacial score (nSPS) is 16.3. The fourth-order valence-corrected chi connectivity index (χ4v) is 2.06. The zero-order valence-corrected chi connectivity index (χ0v) is 10.3. The summed E-state index contributed by atoms with van der Waals surface area (Å²) in [7, 11) is 0. The van der Waals surface area contributed by atoms with Crippen molar-refractivity contribution in [1.82, 2.24) is 10.6 Å². The molecule has 86 valence electrons. The summed E-state index contributed by atoms with van der Waals surface area (Å²) < 4.78 is 0. The Labute approximate surface area is 98.3 Å². The molecule has 0 aromatic carbocycles. The van der Waals surface area contributed by atoms with E-state index in [0.29, 0.717) is 17.8 Å². The predicted octanol–water partition coefficient (Wildman–Crippen LogP) is 0.946. The molecule has 2 amide bonds. The van der Waals surface area contributed by atoms with Crippen molar-refractivity contribution in [2.45, 2.75) is 38.1 Å². The van der Waals surface area contributed by atoms with Gasteiger partial charge < -0.3 is 10.6 Å². The van der Waals surface area contributed by atoms with Crippen LogP contribution in [0.5, 0.6) is 0 Å². The van der Waals surface area contributed by atoms with E-state index in [1.807, 2.05) is 0 Å². The minimum Gasteiger partial charge on any atom is -0.352 e. The first-order valence-corrected chi connectivity index (χ1v) is 6.46. The first-order chi connectivity index (χ1) is 7.22. The van der Waals surface area contributed by atoms with Gasteiger partial charge in [0, 0.05) is 17.8 Å². The molecule has 0 aromatic heterocycles. The van der Waals surface area contributed by atoms with Crippen LogP contribution >= 0.6 is 15.9 Å². The molecule has 0 radical (unpaired) electrons. The predicted molar refractivity (Wildman–Crippen MR) is 61.8 cm³/mol. The molecule has 5 heteroatoms. The molecule has 1 aliphatic carbocycles. The van der Waals surface area contributed by atoms with E-state index in [-0.39, 0.29) is 18.4 Å². The van der Waals surface area contributed by atoms with Crippen LogP contribution in [-0.2, 0) is 9.59 Å². The molecule has 0 heterocycles. The van der Waals surface area contributed by atoms with Crippen LogP contribution in [0.15, 0.2) is 0 Å². The van der Waals surface area contributed by atoms with E-state index in [1.54, 1.807) is 0 Å². The summed E-state index contributed by atoms with van der Waals surface area (Å²) in [5, 5.41) is 6.12. The molecule has 2 N–H and O–H groups in total. The number of carbonyl (C=O) groups is 2. The van der Waals surface area contributed by atoms with Gasteiger partial charge in [0.1, 0.15) is 0 Å². The maximum Gasteiger partial charge on any atom is 0.239 e. The van der Waals surface area contributed by atoms with E-state index in [4.69, 9.17) is 0 Å². The summed E-state index contributed by atoms with van der Waals surface area (Å²) in [4.78, 5) is 22.4. The van der Waals surface area contributed by atoms with Crippen molar-refractivity contribution in [2.75, 3.05) is 11.9 Å². The van der Waals surface area contributed by atoms with Gasteiger partial charge in [-0.25, -0.2) is 0 Å². The smallest absolute Gasteiger partial charge is 0.239 e. The molecule has 0 aromatic rings. The van der Waals surface area contributed by atoms with Crippen molar-refractivity contribution in [3.05, 3.63) is 0 Å². The zero-order valence-electron chi connectivity index (χ0n) is 8.72. The number of alkyl halides is 1. The third-order valence-electron chi connectivity index (χ3n) is 2.49. The molecule has 0 bridgehead atoms.